The first-order valence-electron chi connectivity index (χ1n) is 7.31. The molecule has 0 saturated carbocycles. The molecule has 1 aromatic carbocycles. The van der Waals surface area contributed by atoms with Gasteiger partial charge in [0.05, 0.1) is 12.1 Å². The van der Waals surface area contributed by atoms with Crippen LogP contribution in [0.1, 0.15) is 23.2 Å². The van der Waals surface area contributed by atoms with Crippen molar-refractivity contribution >= 4 is 29.2 Å². The zero-order chi connectivity index (χ0) is 15.0. The quantitative estimate of drug-likeness (QED) is 0.692. The molecule has 6 heteroatoms. The van der Waals surface area contributed by atoms with E-state index in [1.165, 1.54) is 16.6 Å². The summed E-state index contributed by atoms with van der Waals surface area (Å²) in [6, 6.07) is 5.91. The topological polar surface area (TPSA) is 77.2 Å². The average molecular weight is 324 g/mol. The summed E-state index contributed by atoms with van der Waals surface area (Å²) in [6.07, 6.45) is 0.0728. The molecule has 22 heavy (non-hydrogen) atoms. The molecule has 2 unspecified atom stereocenters. The number of aryl methyl sites for hydroxylation is 2. The van der Waals surface area contributed by atoms with Gasteiger partial charge < -0.3 is 20.7 Å². The molecule has 2 heterocycles. The van der Waals surface area contributed by atoms with Crippen LogP contribution in [0.4, 0.5) is 0 Å². The lowest BCUT2D eigenvalue weighted by atomic mass is 10.1. The highest BCUT2D eigenvalue weighted by Gasteiger charge is 2.27. The molecule has 4 N–H and O–H groups in total. The molecule has 3 rings (SSSR count). The number of benzene rings is 1. The molecule has 2 aromatic rings. The van der Waals surface area contributed by atoms with Crippen LogP contribution in [-0.4, -0.2) is 34.7 Å². The molecule has 0 aliphatic carbocycles. The van der Waals surface area contributed by atoms with E-state index in [2.05, 4.69) is 35.5 Å². The number of nitrogens with one attached hydrogen (secondary N) is 3. The molecule has 1 aliphatic rings. The van der Waals surface area contributed by atoms with Crippen LogP contribution in [0, 0.1) is 13.8 Å². The summed E-state index contributed by atoms with van der Waals surface area (Å²) >= 11 is 0. The van der Waals surface area contributed by atoms with Gasteiger partial charge in [0, 0.05) is 29.7 Å². The Hall–Kier alpha value is -1.56. The van der Waals surface area contributed by atoms with E-state index in [0.717, 1.165) is 11.1 Å². The van der Waals surface area contributed by atoms with Gasteiger partial charge in [0.25, 0.3) is 0 Å². The van der Waals surface area contributed by atoms with Crippen LogP contribution in [0.25, 0.3) is 10.9 Å². The summed E-state index contributed by atoms with van der Waals surface area (Å²) in [4.78, 5) is 15.4. The molecule has 0 bridgehead atoms. The minimum Gasteiger partial charge on any atom is -0.392 e. The predicted molar refractivity (Wildman–Crippen MR) is 89.3 cm³/mol. The van der Waals surface area contributed by atoms with Gasteiger partial charge in [0.2, 0.25) is 5.91 Å². The van der Waals surface area contributed by atoms with Crippen LogP contribution in [0.5, 0.6) is 0 Å². The van der Waals surface area contributed by atoms with Crippen LogP contribution in [-0.2, 0) is 11.3 Å². The van der Waals surface area contributed by atoms with Crippen molar-refractivity contribution in [3.8, 4) is 0 Å². The molecule has 5 nitrogen and oxygen atoms in total. The normalized spacial score (nSPS) is 20.9. The first kappa shape index (κ1) is 16.8. The number of amides is 1. The molecule has 1 aliphatic heterocycles. The standard InChI is InChI=1S/C16H21N3O2.ClH/c1-9-10(2)19-14-4-3-11(5-13(9)14)7-18-16(21)15-6-12(20)8-17-15;/h3-5,12,15,17,19-20H,6-8H2,1-2H3,(H,18,21);1H. The third-order valence-corrected chi connectivity index (χ3v) is 4.26. The van der Waals surface area contributed by atoms with Crippen molar-refractivity contribution in [3.63, 3.8) is 0 Å². The average Bonchev–Trinajstić information content (AvgIpc) is 3.02. The van der Waals surface area contributed by atoms with Crippen molar-refractivity contribution in [1.82, 2.24) is 15.6 Å². The number of β-amino-alcohol motifs (C(OH)–C–C–N with tert-alkyl or cyclic N) is 1. The maximum absolute atomic E-state index is 12.0. The Labute approximate surface area is 135 Å². The van der Waals surface area contributed by atoms with E-state index in [-0.39, 0.29) is 24.4 Å². The number of halogens is 1. The fourth-order valence-corrected chi connectivity index (χ4v) is 2.85. The summed E-state index contributed by atoms with van der Waals surface area (Å²) in [5, 5.41) is 16.6. The minimum atomic E-state index is -0.414. The van der Waals surface area contributed by atoms with Gasteiger partial charge in [0.15, 0.2) is 0 Å². The fourth-order valence-electron chi connectivity index (χ4n) is 2.85. The van der Waals surface area contributed by atoms with E-state index in [1.807, 2.05) is 12.1 Å². The Morgan fingerprint density at radius 1 is 1.41 bits per heavy atom. The first-order chi connectivity index (χ1) is 10.0. The highest BCUT2D eigenvalue weighted by Crippen LogP contribution is 2.22. The van der Waals surface area contributed by atoms with Crippen LogP contribution in [0.3, 0.4) is 0 Å². The van der Waals surface area contributed by atoms with E-state index >= 15 is 0 Å². The van der Waals surface area contributed by atoms with Gasteiger partial charge in [-0.25, -0.2) is 0 Å². The Bertz CT molecular complexity index is 683. The number of rotatable bonds is 3. The summed E-state index contributed by atoms with van der Waals surface area (Å²) in [7, 11) is 0. The minimum absolute atomic E-state index is 0. The number of hydrogen-bond donors (Lipinski definition) is 4. The second kappa shape index (κ2) is 6.69. The lowest BCUT2D eigenvalue weighted by molar-refractivity contribution is -0.123. The number of aromatic nitrogens is 1. The zero-order valence-corrected chi connectivity index (χ0v) is 13.6. The Morgan fingerprint density at radius 3 is 2.86 bits per heavy atom. The summed E-state index contributed by atoms with van der Waals surface area (Å²) in [5.74, 6) is -0.0476. The number of aromatic amines is 1. The van der Waals surface area contributed by atoms with Gasteiger partial charge in [-0.15, -0.1) is 12.4 Å². The Kier molecular flexibility index (Phi) is 5.11. The summed E-state index contributed by atoms with van der Waals surface area (Å²) in [5.41, 5.74) is 4.63. The second-order valence-electron chi connectivity index (χ2n) is 5.82. The number of carbonyl (C=O) groups is 1. The Morgan fingerprint density at radius 2 is 2.18 bits per heavy atom. The van der Waals surface area contributed by atoms with Crippen LogP contribution in [0.2, 0.25) is 0 Å². The van der Waals surface area contributed by atoms with Gasteiger partial charge in [0.1, 0.15) is 0 Å². The Balaban J connectivity index is 0.00000176. The van der Waals surface area contributed by atoms with E-state index in [9.17, 15) is 9.90 Å². The molecule has 1 amide bonds. The van der Waals surface area contributed by atoms with Gasteiger partial charge >= 0.3 is 0 Å². The largest absolute Gasteiger partial charge is 0.392 e. The molecule has 0 spiro atoms. The van der Waals surface area contributed by atoms with Crippen molar-refractivity contribution in [1.29, 1.82) is 0 Å². The highest BCUT2D eigenvalue weighted by atomic mass is 35.5. The van der Waals surface area contributed by atoms with Crippen molar-refractivity contribution in [2.24, 2.45) is 0 Å². The summed E-state index contributed by atoms with van der Waals surface area (Å²) in [6.45, 7) is 5.16. The third kappa shape index (κ3) is 3.27. The van der Waals surface area contributed by atoms with E-state index in [4.69, 9.17) is 0 Å². The molecule has 120 valence electrons. The van der Waals surface area contributed by atoms with Gasteiger partial charge in [-0.05, 0) is 43.5 Å². The molecule has 2 atom stereocenters. The monoisotopic (exact) mass is 323 g/mol. The molecule has 1 fully saturated rings. The van der Waals surface area contributed by atoms with Crippen molar-refractivity contribution in [2.45, 2.75) is 39.0 Å². The summed E-state index contributed by atoms with van der Waals surface area (Å²) < 4.78 is 0. The van der Waals surface area contributed by atoms with Crippen molar-refractivity contribution < 1.29 is 9.90 Å². The zero-order valence-electron chi connectivity index (χ0n) is 12.8. The molecule has 0 radical (unpaired) electrons. The lowest BCUT2D eigenvalue weighted by Crippen LogP contribution is -2.39. The number of aliphatic hydroxyl groups is 1. The van der Waals surface area contributed by atoms with Gasteiger partial charge in [-0.3, -0.25) is 4.79 Å². The highest BCUT2D eigenvalue weighted by molar-refractivity contribution is 5.86. The number of hydrogen-bond acceptors (Lipinski definition) is 3. The van der Waals surface area contributed by atoms with Crippen LogP contribution < -0.4 is 10.6 Å². The molecular weight excluding hydrogens is 302 g/mol. The number of aliphatic hydroxyl groups excluding tert-OH is 1. The third-order valence-electron chi connectivity index (χ3n) is 4.26. The number of H-pyrrole nitrogens is 1. The first-order valence-corrected chi connectivity index (χ1v) is 7.31. The maximum atomic E-state index is 12.0. The second-order valence-corrected chi connectivity index (χ2v) is 5.82. The molecule has 1 aromatic heterocycles. The SMILES string of the molecule is Cc1[nH]c2ccc(CNC(=O)C3CC(O)CN3)cc2c1C.Cl. The van der Waals surface area contributed by atoms with Crippen molar-refractivity contribution in [2.75, 3.05) is 6.54 Å². The van der Waals surface area contributed by atoms with E-state index < -0.39 is 6.10 Å². The fraction of sp³-hybridized carbons (Fsp3) is 0.438. The molecular formula is C16H22ClN3O2. The van der Waals surface area contributed by atoms with Crippen LogP contribution >= 0.6 is 12.4 Å². The van der Waals surface area contributed by atoms with Gasteiger partial charge in [-0.2, -0.15) is 0 Å². The van der Waals surface area contributed by atoms with Crippen molar-refractivity contribution in [3.05, 3.63) is 35.0 Å². The van der Waals surface area contributed by atoms with Crippen LogP contribution in [0.15, 0.2) is 18.2 Å². The number of fused-ring (bicyclic) bond motifs is 1. The van der Waals surface area contributed by atoms with Gasteiger partial charge in [-0.1, -0.05) is 6.07 Å². The smallest absolute Gasteiger partial charge is 0.237 e. The maximum Gasteiger partial charge on any atom is 0.237 e. The molecule has 1 saturated heterocycles. The lowest BCUT2D eigenvalue weighted by Gasteiger charge is -2.11. The van der Waals surface area contributed by atoms with E-state index in [0.29, 0.717) is 19.5 Å². The number of carbonyl (C=O) groups excluding carboxylic acids is 1. The van der Waals surface area contributed by atoms with E-state index in [1.54, 1.807) is 0 Å². The predicted octanol–water partition coefficient (Wildman–Crippen LogP) is 1.55.